The van der Waals surface area contributed by atoms with Crippen molar-refractivity contribution in [3.05, 3.63) is 36.2 Å². The molecule has 0 saturated carbocycles. The Labute approximate surface area is 221 Å². The van der Waals surface area contributed by atoms with Crippen LogP contribution in [0.4, 0.5) is 4.79 Å². The molecule has 1 aliphatic rings. The van der Waals surface area contributed by atoms with E-state index in [2.05, 4.69) is 20.5 Å². The van der Waals surface area contributed by atoms with Gasteiger partial charge in [-0.15, -0.1) is 0 Å². The number of carbonyl (C=O) groups is 2. The number of Topliss-reactive ketones (excluding diaryl/α,β-unsaturated/α-hetero) is 1. The number of nitrogens with one attached hydrogen (secondary N) is 2. The van der Waals surface area contributed by atoms with E-state index in [1.807, 2.05) is 36.6 Å². The summed E-state index contributed by atoms with van der Waals surface area (Å²) in [4.78, 5) is 36.4. The molecule has 3 heterocycles. The molecule has 0 aliphatic carbocycles. The summed E-state index contributed by atoms with van der Waals surface area (Å²) in [5.41, 5.74) is 1.49. The van der Waals surface area contributed by atoms with Gasteiger partial charge in [0.25, 0.3) is 0 Å². The van der Waals surface area contributed by atoms with Crippen molar-refractivity contribution in [1.82, 2.24) is 34.9 Å². The third kappa shape index (κ3) is 5.97. The molecule has 38 heavy (non-hydrogen) atoms. The predicted octanol–water partition coefficient (Wildman–Crippen LogP) is 2.92. The van der Waals surface area contributed by atoms with Crippen LogP contribution >= 0.6 is 0 Å². The molecule has 1 aromatic carbocycles. The average Bonchev–Trinajstić information content (AvgIpc) is 3.57. The molecule has 3 aromatic rings. The number of piperidine rings is 1. The molecule has 1 unspecified atom stereocenters. The summed E-state index contributed by atoms with van der Waals surface area (Å²) < 4.78 is 12.7. The first-order valence-electron chi connectivity index (χ1n) is 13.0. The fourth-order valence-corrected chi connectivity index (χ4v) is 5.17. The molecule has 1 amide bonds. The van der Waals surface area contributed by atoms with Crippen LogP contribution in [-0.2, 0) is 11.3 Å². The first kappa shape index (κ1) is 27.5. The average molecular weight is 528 g/mol. The van der Waals surface area contributed by atoms with Gasteiger partial charge >= 0.3 is 6.09 Å². The van der Waals surface area contributed by atoms with Crippen LogP contribution in [0.2, 0.25) is 0 Å². The van der Waals surface area contributed by atoms with Gasteiger partial charge in [0.05, 0.1) is 18.7 Å². The molecule has 12 nitrogen and oxygen atoms in total. The molecule has 0 bridgehead atoms. The highest BCUT2D eigenvalue weighted by Crippen LogP contribution is 2.29. The Bertz CT molecular complexity index is 1230. The Morgan fingerprint density at radius 1 is 1.24 bits per heavy atom. The van der Waals surface area contributed by atoms with Crippen molar-refractivity contribution in [2.75, 3.05) is 33.9 Å². The molecule has 206 valence electrons. The van der Waals surface area contributed by atoms with Gasteiger partial charge in [-0.05, 0) is 37.3 Å². The first-order valence-corrected chi connectivity index (χ1v) is 13.0. The van der Waals surface area contributed by atoms with Crippen LogP contribution in [0.1, 0.15) is 55.5 Å². The third-order valence-electron chi connectivity index (χ3n) is 7.07. The quantitative estimate of drug-likeness (QED) is 0.239. The summed E-state index contributed by atoms with van der Waals surface area (Å²) in [5, 5.41) is 20.0. The molecule has 4 rings (SSSR count). The summed E-state index contributed by atoms with van der Waals surface area (Å²) in [6.45, 7) is 5.81. The standard InChI is InChI=1S/C26H37N7O5/c1-16(2)21(29-18-12-17(24-27-15-28-31-24)13-32(14-18)26(35)36)23(34)25-30-22-19(8-7-9-20(22)38-4)33(25)10-5-6-11-37-3/h7-9,15-18,21,29H,5-6,10-14H2,1-4H3,(H,35,36)(H,27,28,31)/t17-,18+,21?/m1/s1. The van der Waals surface area contributed by atoms with Gasteiger partial charge in [0.2, 0.25) is 5.78 Å². The number of imidazole rings is 1. The largest absolute Gasteiger partial charge is 0.494 e. The number of carbonyl (C=O) groups excluding carboxylic acids is 1. The maximum absolute atomic E-state index is 14.1. The van der Waals surface area contributed by atoms with Gasteiger partial charge < -0.3 is 29.4 Å². The molecular weight excluding hydrogens is 490 g/mol. The van der Waals surface area contributed by atoms with Gasteiger partial charge in [-0.2, -0.15) is 5.10 Å². The molecule has 1 aliphatic heterocycles. The number of unbranched alkanes of at least 4 members (excludes halogenated alkanes) is 1. The fourth-order valence-electron chi connectivity index (χ4n) is 5.17. The number of hydrogen-bond acceptors (Lipinski definition) is 8. The Morgan fingerprint density at radius 3 is 2.71 bits per heavy atom. The second kappa shape index (κ2) is 12.4. The van der Waals surface area contributed by atoms with Crippen LogP contribution in [0.5, 0.6) is 5.75 Å². The number of likely N-dealkylation sites (tertiary alicyclic amines) is 1. The molecule has 1 fully saturated rings. The van der Waals surface area contributed by atoms with E-state index in [4.69, 9.17) is 14.5 Å². The van der Waals surface area contributed by atoms with Gasteiger partial charge in [0.15, 0.2) is 5.82 Å². The minimum Gasteiger partial charge on any atom is -0.494 e. The third-order valence-corrected chi connectivity index (χ3v) is 7.07. The summed E-state index contributed by atoms with van der Waals surface area (Å²) in [7, 11) is 3.27. The number of para-hydroxylation sites is 1. The van der Waals surface area contributed by atoms with E-state index in [-0.39, 0.29) is 30.2 Å². The van der Waals surface area contributed by atoms with Crippen LogP contribution < -0.4 is 10.1 Å². The number of H-pyrrole nitrogens is 1. The molecule has 1 saturated heterocycles. The highest BCUT2D eigenvalue weighted by atomic mass is 16.5. The zero-order valence-electron chi connectivity index (χ0n) is 22.4. The van der Waals surface area contributed by atoms with Gasteiger partial charge in [-0.25, -0.2) is 14.8 Å². The van der Waals surface area contributed by atoms with Gasteiger partial charge in [-0.1, -0.05) is 19.9 Å². The van der Waals surface area contributed by atoms with Crippen LogP contribution in [0.25, 0.3) is 11.0 Å². The monoisotopic (exact) mass is 527 g/mol. The first-order chi connectivity index (χ1) is 18.3. The number of nitrogens with zero attached hydrogens (tertiary/aromatic N) is 5. The number of rotatable bonds is 12. The van der Waals surface area contributed by atoms with Crippen LogP contribution in [0, 0.1) is 5.92 Å². The van der Waals surface area contributed by atoms with E-state index in [0.717, 1.165) is 18.4 Å². The Balaban J connectivity index is 1.63. The summed E-state index contributed by atoms with van der Waals surface area (Å²) >= 11 is 0. The zero-order chi connectivity index (χ0) is 27.2. The minimum atomic E-state index is -1.00. The maximum atomic E-state index is 14.1. The van der Waals surface area contributed by atoms with E-state index in [9.17, 15) is 14.7 Å². The van der Waals surface area contributed by atoms with Crippen LogP contribution in [-0.4, -0.2) is 92.6 Å². The van der Waals surface area contributed by atoms with E-state index in [0.29, 0.717) is 49.0 Å². The number of aromatic amines is 1. The lowest BCUT2D eigenvalue weighted by Gasteiger charge is -2.38. The van der Waals surface area contributed by atoms with Crippen molar-refractivity contribution in [3.63, 3.8) is 0 Å². The molecule has 0 radical (unpaired) electrons. The van der Waals surface area contributed by atoms with Crippen molar-refractivity contribution in [1.29, 1.82) is 0 Å². The zero-order valence-corrected chi connectivity index (χ0v) is 22.4. The number of ketones is 1. The number of amides is 1. The smallest absolute Gasteiger partial charge is 0.407 e. The van der Waals surface area contributed by atoms with Crippen molar-refractivity contribution >= 4 is 22.9 Å². The minimum absolute atomic E-state index is 0.0601. The van der Waals surface area contributed by atoms with Crippen molar-refractivity contribution in [2.45, 2.75) is 57.7 Å². The Morgan fingerprint density at radius 2 is 2.05 bits per heavy atom. The molecule has 3 atom stereocenters. The molecular formula is C26H37N7O5. The van der Waals surface area contributed by atoms with E-state index < -0.39 is 12.1 Å². The van der Waals surface area contributed by atoms with Gasteiger partial charge in [0, 0.05) is 45.3 Å². The number of hydrogen-bond donors (Lipinski definition) is 3. The van der Waals surface area contributed by atoms with Crippen LogP contribution in [0.15, 0.2) is 24.5 Å². The van der Waals surface area contributed by atoms with E-state index in [1.54, 1.807) is 14.2 Å². The lowest BCUT2D eigenvalue weighted by molar-refractivity contribution is 0.0857. The molecule has 3 N–H and O–H groups in total. The Hall–Kier alpha value is -3.51. The van der Waals surface area contributed by atoms with Crippen molar-refractivity contribution in [3.8, 4) is 5.75 Å². The van der Waals surface area contributed by atoms with Gasteiger partial charge in [-0.3, -0.25) is 9.89 Å². The number of benzene rings is 1. The summed E-state index contributed by atoms with van der Waals surface area (Å²) in [6.07, 6.45) is 2.72. The highest BCUT2D eigenvalue weighted by Gasteiger charge is 2.36. The number of ether oxygens (including phenoxy) is 2. The number of fused-ring (bicyclic) bond motifs is 1. The Kier molecular flexibility index (Phi) is 8.95. The lowest BCUT2D eigenvalue weighted by atomic mass is 9.91. The topological polar surface area (TPSA) is 147 Å². The summed E-state index contributed by atoms with van der Waals surface area (Å²) in [5.74, 6) is 1.27. The molecule has 0 spiro atoms. The number of methoxy groups -OCH3 is 2. The highest BCUT2D eigenvalue weighted by molar-refractivity contribution is 6.01. The van der Waals surface area contributed by atoms with E-state index >= 15 is 0 Å². The second-order valence-corrected chi connectivity index (χ2v) is 10.1. The SMILES string of the molecule is COCCCCn1c(C(=O)C(N[C@H]2C[C@@H](c3ncn[nH]3)CN(C(=O)O)C2)C(C)C)nc2c(OC)cccc21. The summed E-state index contributed by atoms with van der Waals surface area (Å²) in [6, 6.07) is 4.87. The lowest BCUT2D eigenvalue weighted by Crippen LogP contribution is -2.55. The maximum Gasteiger partial charge on any atom is 0.407 e. The van der Waals surface area contributed by atoms with Crippen LogP contribution in [0.3, 0.4) is 0 Å². The van der Waals surface area contributed by atoms with E-state index in [1.165, 1.54) is 11.2 Å². The predicted molar refractivity (Wildman–Crippen MR) is 141 cm³/mol. The molecule has 2 aromatic heterocycles. The molecule has 12 heteroatoms. The van der Waals surface area contributed by atoms with Crippen molar-refractivity contribution < 1.29 is 24.2 Å². The van der Waals surface area contributed by atoms with Crippen molar-refractivity contribution in [2.24, 2.45) is 5.92 Å². The normalized spacial score (nSPS) is 18.7. The number of aromatic nitrogens is 5. The van der Waals surface area contributed by atoms with Gasteiger partial charge in [0.1, 0.15) is 23.4 Å². The number of aryl methyl sites for hydroxylation is 1. The second-order valence-electron chi connectivity index (χ2n) is 10.1. The fraction of sp³-hybridized carbons (Fsp3) is 0.577. The number of carboxylic acid groups (broad SMARTS) is 1.